The maximum Gasteiger partial charge on any atom is 0.238 e. The molecule has 0 aliphatic rings. The number of aromatic nitrogens is 5. The van der Waals surface area contributed by atoms with Crippen LogP contribution in [0.15, 0.2) is 64.3 Å². The lowest BCUT2D eigenvalue weighted by molar-refractivity contribution is -0.116. The molecule has 3 heterocycles. The van der Waals surface area contributed by atoms with Crippen molar-refractivity contribution >= 4 is 11.6 Å². The molecule has 4 rings (SSSR count). The van der Waals surface area contributed by atoms with Crippen LogP contribution in [-0.2, 0) is 17.8 Å². The number of nitrogens with one attached hydrogen (secondary N) is 1. The Morgan fingerprint density at radius 3 is 3.00 bits per heavy atom. The number of aryl methyl sites for hydroxylation is 1. The number of furan rings is 1. The minimum Gasteiger partial charge on any atom is -0.461 e. The molecule has 136 valence electrons. The molecule has 0 atom stereocenters. The molecule has 27 heavy (non-hydrogen) atoms. The molecule has 4 aromatic rings. The molecule has 3 aromatic heterocycles. The molecule has 0 spiro atoms. The van der Waals surface area contributed by atoms with Gasteiger partial charge in [-0.05, 0) is 29.8 Å². The van der Waals surface area contributed by atoms with E-state index in [1.807, 2.05) is 24.3 Å². The molecule has 1 N–H and O–H groups in total. The highest BCUT2D eigenvalue weighted by Crippen LogP contribution is 2.17. The van der Waals surface area contributed by atoms with Gasteiger partial charge >= 0.3 is 0 Å². The summed E-state index contributed by atoms with van der Waals surface area (Å²) in [6, 6.07) is 11.1. The standard InChI is InChI=1S/C18H16N6O3/c25-16(6-7-17-22-18(23-27-17)15-5-2-8-26-15)21-14-4-1-3-13(9-14)10-24-12-19-11-20-24/h1-5,8-9,11-12H,6-7,10H2,(H,21,25). The predicted molar refractivity (Wildman–Crippen MR) is 94.5 cm³/mol. The summed E-state index contributed by atoms with van der Waals surface area (Å²) >= 11 is 0. The zero-order chi connectivity index (χ0) is 18.5. The van der Waals surface area contributed by atoms with Crippen molar-refractivity contribution < 1.29 is 13.7 Å². The third-order valence-corrected chi connectivity index (χ3v) is 3.80. The molecule has 0 aliphatic heterocycles. The number of hydrogen-bond acceptors (Lipinski definition) is 7. The first-order valence-corrected chi connectivity index (χ1v) is 8.34. The van der Waals surface area contributed by atoms with E-state index < -0.39 is 0 Å². The van der Waals surface area contributed by atoms with E-state index in [-0.39, 0.29) is 12.3 Å². The number of carbonyl (C=O) groups is 1. The Labute approximate surface area is 154 Å². The molecular formula is C18H16N6O3. The molecule has 9 nitrogen and oxygen atoms in total. The van der Waals surface area contributed by atoms with Crippen molar-refractivity contribution in [3.63, 3.8) is 0 Å². The lowest BCUT2D eigenvalue weighted by Gasteiger charge is -2.07. The zero-order valence-electron chi connectivity index (χ0n) is 14.3. The first kappa shape index (κ1) is 16.7. The van der Waals surface area contributed by atoms with Gasteiger partial charge in [0.2, 0.25) is 17.6 Å². The van der Waals surface area contributed by atoms with Crippen molar-refractivity contribution in [2.45, 2.75) is 19.4 Å². The van der Waals surface area contributed by atoms with Crippen LogP contribution in [0.2, 0.25) is 0 Å². The van der Waals surface area contributed by atoms with Gasteiger partial charge in [-0.2, -0.15) is 10.1 Å². The highest BCUT2D eigenvalue weighted by Gasteiger charge is 2.12. The summed E-state index contributed by atoms with van der Waals surface area (Å²) < 4.78 is 12.1. The number of amides is 1. The third kappa shape index (κ3) is 4.27. The molecule has 0 aliphatic carbocycles. The largest absolute Gasteiger partial charge is 0.461 e. The van der Waals surface area contributed by atoms with Crippen molar-refractivity contribution in [1.29, 1.82) is 0 Å². The van der Waals surface area contributed by atoms with Gasteiger partial charge in [-0.15, -0.1) is 0 Å². The van der Waals surface area contributed by atoms with Crippen LogP contribution in [0.1, 0.15) is 17.9 Å². The molecule has 1 amide bonds. The normalized spacial score (nSPS) is 10.8. The average molecular weight is 364 g/mol. The van der Waals surface area contributed by atoms with Crippen LogP contribution in [-0.4, -0.2) is 30.8 Å². The maximum atomic E-state index is 12.2. The number of anilines is 1. The van der Waals surface area contributed by atoms with Gasteiger partial charge in [-0.3, -0.25) is 4.79 Å². The topological polar surface area (TPSA) is 112 Å². The van der Waals surface area contributed by atoms with E-state index >= 15 is 0 Å². The molecule has 0 saturated carbocycles. The number of nitrogens with zero attached hydrogens (tertiary/aromatic N) is 5. The molecule has 0 fully saturated rings. The second kappa shape index (κ2) is 7.65. The summed E-state index contributed by atoms with van der Waals surface area (Å²) in [6.07, 6.45) is 5.24. The maximum absolute atomic E-state index is 12.2. The Kier molecular flexibility index (Phi) is 4.73. The fraction of sp³-hybridized carbons (Fsp3) is 0.167. The summed E-state index contributed by atoms with van der Waals surface area (Å²) in [6.45, 7) is 0.585. The molecule has 0 saturated heterocycles. The van der Waals surface area contributed by atoms with Crippen molar-refractivity contribution in [1.82, 2.24) is 24.9 Å². The average Bonchev–Trinajstić information content (AvgIpc) is 3.42. The Bertz CT molecular complexity index is 1010. The number of rotatable bonds is 7. The Morgan fingerprint density at radius 1 is 1.22 bits per heavy atom. The van der Waals surface area contributed by atoms with Crippen LogP contribution >= 0.6 is 0 Å². The van der Waals surface area contributed by atoms with Crippen molar-refractivity contribution in [2.75, 3.05) is 5.32 Å². The minimum absolute atomic E-state index is 0.134. The van der Waals surface area contributed by atoms with Gasteiger partial charge < -0.3 is 14.3 Å². The van der Waals surface area contributed by atoms with Gasteiger partial charge in [-0.1, -0.05) is 17.3 Å². The lowest BCUT2D eigenvalue weighted by Crippen LogP contribution is -2.12. The first-order valence-electron chi connectivity index (χ1n) is 8.34. The van der Waals surface area contributed by atoms with E-state index in [9.17, 15) is 4.79 Å². The molecule has 0 bridgehead atoms. The summed E-state index contributed by atoms with van der Waals surface area (Å²) in [5.74, 6) is 1.15. The number of benzene rings is 1. The van der Waals surface area contributed by atoms with Crippen LogP contribution in [0.4, 0.5) is 5.69 Å². The predicted octanol–water partition coefficient (Wildman–Crippen LogP) is 2.54. The second-order valence-electron chi connectivity index (χ2n) is 5.83. The van der Waals surface area contributed by atoms with Gasteiger partial charge in [-0.25, -0.2) is 9.67 Å². The Hall–Kier alpha value is -3.75. The molecule has 0 radical (unpaired) electrons. The Balaban J connectivity index is 1.32. The Morgan fingerprint density at radius 2 is 2.19 bits per heavy atom. The SMILES string of the molecule is O=C(CCc1nc(-c2ccco2)no1)Nc1cccc(Cn2cncn2)c1. The van der Waals surface area contributed by atoms with Crippen LogP contribution in [0, 0.1) is 0 Å². The van der Waals surface area contributed by atoms with Gasteiger partial charge in [0.05, 0.1) is 12.8 Å². The van der Waals surface area contributed by atoms with E-state index in [0.29, 0.717) is 30.4 Å². The minimum atomic E-state index is -0.134. The van der Waals surface area contributed by atoms with Crippen LogP contribution in [0.25, 0.3) is 11.6 Å². The van der Waals surface area contributed by atoms with Gasteiger partial charge in [0.1, 0.15) is 12.7 Å². The summed E-state index contributed by atoms with van der Waals surface area (Å²) in [5, 5.41) is 10.8. The van der Waals surface area contributed by atoms with Crippen molar-refractivity contribution in [3.8, 4) is 11.6 Å². The number of carbonyl (C=O) groups excluding carboxylic acids is 1. The summed E-state index contributed by atoms with van der Waals surface area (Å²) in [4.78, 5) is 20.3. The number of hydrogen-bond donors (Lipinski definition) is 1. The van der Waals surface area contributed by atoms with E-state index in [2.05, 4.69) is 25.5 Å². The van der Waals surface area contributed by atoms with Crippen molar-refractivity contribution in [2.24, 2.45) is 0 Å². The first-order chi connectivity index (χ1) is 13.3. The quantitative estimate of drug-likeness (QED) is 0.536. The lowest BCUT2D eigenvalue weighted by atomic mass is 10.2. The fourth-order valence-corrected chi connectivity index (χ4v) is 2.56. The van der Waals surface area contributed by atoms with Crippen LogP contribution in [0.3, 0.4) is 0 Å². The molecule has 1 aromatic carbocycles. The molecule has 0 unspecified atom stereocenters. The van der Waals surface area contributed by atoms with E-state index in [0.717, 1.165) is 11.3 Å². The van der Waals surface area contributed by atoms with Crippen LogP contribution < -0.4 is 5.32 Å². The van der Waals surface area contributed by atoms with Gasteiger partial charge in [0.15, 0.2) is 5.76 Å². The monoisotopic (exact) mass is 364 g/mol. The smallest absolute Gasteiger partial charge is 0.238 e. The van der Waals surface area contributed by atoms with Crippen molar-refractivity contribution in [3.05, 3.63) is 66.8 Å². The molecule has 9 heteroatoms. The third-order valence-electron chi connectivity index (χ3n) is 3.80. The highest BCUT2D eigenvalue weighted by atomic mass is 16.5. The highest BCUT2D eigenvalue weighted by molar-refractivity contribution is 5.90. The van der Waals surface area contributed by atoms with E-state index in [1.165, 1.54) is 12.6 Å². The van der Waals surface area contributed by atoms with Gasteiger partial charge in [0.25, 0.3) is 0 Å². The second-order valence-corrected chi connectivity index (χ2v) is 5.83. The van der Waals surface area contributed by atoms with Crippen LogP contribution in [0.5, 0.6) is 0 Å². The van der Waals surface area contributed by atoms with E-state index in [4.69, 9.17) is 8.94 Å². The summed E-state index contributed by atoms with van der Waals surface area (Å²) in [7, 11) is 0. The van der Waals surface area contributed by atoms with E-state index in [1.54, 1.807) is 23.1 Å². The van der Waals surface area contributed by atoms with Gasteiger partial charge in [0, 0.05) is 18.5 Å². The zero-order valence-corrected chi connectivity index (χ0v) is 14.3. The molecular weight excluding hydrogens is 348 g/mol. The fourth-order valence-electron chi connectivity index (χ4n) is 2.56. The summed E-state index contributed by atoms with van der Waals surface area (Å²) in [5.41, 5.74) is 1.73.